The lowest BCUT2D eigenvalue weighted by Crippen LogP contribution is -2.39. The van der Waals surface area contributed by atoms with Crippen LogP contribution in [-0.2, 0) is 24.2 Å². The maximum Gasteiger partial charge on any atom is 0.410 e. The van der Waals surface area contributed by atoms with Gasteiger partial charge in [-0.1, -0.05) is 12.1 Å². The van der Waals surface area contributed by atoms with Crippen molar-refractivity contribution in [3.63, 3.8) is 0 Å². The summed E-state index contributed by atoms with van der Waals surface area (Å²) in [5, 5.41) is 4.66. The summed E-state index contributed by atoms with van der Waals surface area (Å²) in [6, 6.07) is 7.96. The van der Waals surface area contributed by atoms with E-state index in [4.69, 9.17) is 9.47 Å². The van der Waals surface area contributed by atoms with Crippen molar-refractivity contribution < 1.29 is 14.3 Å². The summed E-state index contributed by atoms with van der Waals surface area (Å²) in [6.45, 7) is 7.53. The third kappa shape index (κ3) is 4.32. The van der Waals surface area contributed by atoms with Gasteiger partial charge in [0.05, 0.1) is 25.9 Å². The van der Waals surface area contributed by atoms with Gasteiger partial charge in [0.25, 0.3) is 0 Å². The van der Waals surface area contributed by atoms with E-state index in [1.165, 1.54) is 0 Å². The van der Waals surface area contributed by atoms with E-state index in [1.54, 1.807) is 12.0 Å². The first-order valence-electron chi connectivity index (χ1n) is 8.50. The number of nitrogens with zero attached hydrogens (tertiary/aromatic N) is 3. The van der Waals surface area contributed by atoms with Gasteiger partial charge in [0.2, 0.25) is 0 Å². The van der Waals surface area contributed by atoms with Gasteiger partial charge in [-0.05, 0) is 38.5 Å². The Balaban J connectivity index is 1.67. The molecule has 1 amide bonds. The van der Waals surface area contributed by atoms with Crippen LogP contribution in [0.3, 0.4) is 0 Å². The lowest BCUT2D eigenvalue weighted by Gasteiger charge is -2.29. The molecule has 1 aromatic carbocycles. The predicted octanol–water partition coefficient (Wildman–Crippen LogP) is 3.23. The van der Waals surface area contributed by atoms with Gasteiger partial charge >= 0.3 is 6.09 Å². The molecular formula is C19H25N3O3. The van der Waals surface area contributed by atoms with Crippen LogP contribution >= 0.6 is 0 Å². The van der Waals surface area contributed by atoms with E-state index in [-0.39, 0.29) is 6.09 Å². The third-order valence-corrected chi connectivity index (χ3v) is 4.06. The largest absolute Gasteiger partial charge is 0.497 e. The Labute approximate surface area is 148 Å². The summed E-state index contributed by atoms with van der Waals surface area (Å²) < 4.78 is 12.6. The SMILES string of the molecule is COc1ccc(Cn2cc3c(n2)CCN(C(=O)OC(C)(C)C)C3)cc1. The fourth-order valence-electron chi connectivity index (χ4n) is 2.85. The molecule has 0 fully saturated rings. The highest BCUT2D eigenvalue weighted by molar-refractivity contribution is 5.68. The molecule has 1 aromatic heterocycles. The van der Waals surface area contributed by atoms with Crippen molar-refractivity contribution in [2.24, 2.45) is 0 Å². The standard InChI is InChI=1S/C19H25N3O3/c1-19(2,3)25-18(23)21-10-9-17-15(12-21)13-22(20-17)11-14-5-7-16(24-4)8-6-14/h5-8,13H,9-12H2,1-4H3. The van der Waals surface area contributed by atoms with Gasteiger partial charge < -0.3 is 14.4 Å². The van der Waals surface area contributed by atoms with Crippen molar-refractivity contribution in [1.29, 1.82) is 0 Å². The van der Waals surface area contributed by atoms with Crippen LogP contribution in [0.4, 0.5) is 4.79 Å². The van der Waals surface area contributed by atoms with Gasteiger partial charge in [0.15, 0.2) is 0 Å². The van der Waals surface area contributed by atoms with Crippen molar-refractivity contribution in [1.82, 2.24) is 14.7 Å². The number of hydrogen-bond donors (Lipinski definition) is 0. The highest BCUT2D eigenvalue weighted by atomic mass is 16.6. The van der Waals surface area contributed by atoms with Crippen molar-refractivity contribution in [3.8, 4) is 5.75 Å². The Bertz CT molecular complexity index is 744. The fraction of sp³-hybridized carbons (Fsp3) is 0.474. The van der Waals surface area contributed by atoms with E-state index < -0.39 is 5.60 Å². The molecule has 0 N–H and O–H groups in total. The molecule has 0 aliphatic carbocycles. The molecule has 0 bridgehead atoms. The average Bonchev–Trinajstić information content (AvgIpc) is 2.95. The highest BCUT2D eigenvalue weighted by Gasteiger charge is 2.27. The molecule has 1 aliphatic rings. The minimum absolute atomic E-state index is 0.263. The normalized spacial score (nSPS) is 14.2. The average molecular weight is 343 g/mol. The summed E-state index contributed by atoms with van der Waals surface area (Å²) >= 11 is 0. The third-order valence-electron chi connectivity index (χ3n) is 4.06. The van der Waals surface area contributed by atoms with E-state index in [0.29, 0.717) is 19.6 Å². The number of fused-ring (bicyclic) bond motifs is 1. The number of rotatable bonds is 3. The van der Waals surface area contributed by atoms with Gasteiger partial charge in [0, 0.05) is 24.7 Å². The molecule has 6 nitrogen and oxygen atoms in total. The van der Waals surface area contributed by atoms with Crippen LogP contribution in [0, 0.1) is 0 Å². The van der Waals surface area contributed by atoms with Crippen LogP contribution in [0.5, 0.6) is 5.75 Å². The number of ether oxygens (including phenoxy) is 2. The van der Waals surface area contributed by atoms with E-state index >= 15 is 0 Å². The second-order valence-electron chi connectivity index (χ2n) is 7.30. The Morgan fingerprint density at radius 2 is 1.96 bits per heavy atom. The second kappa shape index (κ2) is 6.78. The molecule has 0 atom stereocenters. The Morgan fingerprint density at radius 1 is 1.24 bits per heavy atom. The summed E-state index contributed by atoms with van der Waals surface area (Å²) in [4.78, 5) is 14.0. The van der Waals surface area contributed by atoms with Crippen molar-refractivity contribution >= 4 is 6.09 Å². The molecule has 0 radical (unpaired) electrons. The molecule has 134 valence electrons. The van der Waals surface area contributed by atoms with Crippen LogP contribution in [0.15, 0.2) is 30.5 Å². The van der Waals surface area contributed by atoms with Crippen LogP contribution in [-0.4, -0.2) is 40.0 Å². The van der Waals surface area contributed by atoms with Crippen molar-refractivity contribution in [3.05, 3.63) is 47.3 Å². The quantitative estimate of drug-likeness (QED) is 0.858. The molecule has 1 aliphatic heterocycles. The zero-order chi connectivity index (χ0) is 18.0. The van der Waals surface area contributed by atoms with Gasteiger partial charge in [-0.25, -0.2) is 4.79 Å². The summed E-state index contributed by atoms with van der Waals surface area (Å²) in [5.41, 5.74) is 2.83. The van der Waals surface area contributed by atoms with Gasteiger partial charge in [-0.3, -0.25) is 4.68 Å². The zero-order valence-electron chi connectivity index (χ0n) is 15.3. The minimum Gasteiger partial charge on any atom is -0.497 e. The van der Waals surface area contributed by atoms with Crippen LogP contribution in [0.1, 0.15) is 37.6 Å². The molecule has 0 unspecified atom stereocenters. The monoisotopic (exact) mass is 343 g/mol. The molecule has 25 heavy (non-hydrogen) atoms. The van der Waals surface area contributed by atoms with Crippen LogP contribution in [0.25, 0.3) is 0 Å². The summed E-state index contributed by atoms with van der Waals surface area (Å²) in [5.74, 6) is 0.844. The maximum atomic E-state index is 12.2. The number of carbonyl (C=O) groups is 1. The predicted molar refractivity (Wildman–Crippen MR) is 94.7 cm³/mol. The topological polar surface area (TPSA) is 56.6 Å². The number of carbonyl (C=O) groups excluding carboxylic acids is 1. The smallest absolute Gasteiger partial charge is 0.410 e. The van der Waals surface area contributed by atoms with Gasteiger partial charge in [-0.15, -0.1) is 0 Å². The Hall–Kier alpha value is -2.50. The number of benzene rings is 1. The number of amides is 1. The molecular weight excluding hydrogens is 318 g/mol. The fourth-order valence-corrected chi connectivity index (χ4v) is 2.85. The van der Waals surface area contributed by atoms with Crippen LogP contribution in [0.2, 0.25) is 0 Å². The highest BCUT2D eigenvalue weighted by Crippen LogP contribution is 2.21. The number of hydrogen-bond acceptors (Lipinski definition) is 4. The molecule has 2 aromatic rings. The second-order valence-corrected chi connectivity index (χ2v) is 7.30. The lowest BCUT2D eigenvalue weighted by molar-refractivity contribution is 0.0223. The first-order valence-corrected chi connectivity index (χ1v) is 8.50. The summed E-state index contributed by atoms with van der Waals surface area (Å²) in [7, 11) is 1.66. The molecule has 2 heterocycles. The van der Waals surface area contributed by atoms with Crippen molar-refractivity contribution in [2.75, 3.05) is 13.7 Å². The molecule has 0 saturated heterocycles. The van der Waals surface area contributed by atoms with E-state index in [9.17, 15) is 4.79 Å². The first kappa shape index (κ1) is 17.3. The molecule has 6 heteroatoms. The van der Waals surface area contributed by atoms with E-state index in [0.717, 1.165) is 29.0 Å². The van der Waals surface area contributed by atoms with Crippen molar-refractivity contribution in [2.45, 2.75) is 45.9 Å². The minimum atomic E-state index is -0.476. The van der Waals surface area contributed by atoms with Crippen LogP contribution < -0.4 is 4.74 Å². The Kier molecular flexibility index (Phi) is 4.70. The molecule has 0 spiro atoms. The van der Waals surface area contributed by atoms with E-state index in [2.05, 4.69) is 5.10 Å². The molecule has 0 saturated carbocycles. The zero-order valence-corrected chi connectivity index (χ0v) is 15.3. The van der Waals surface area contributed by atoms with Gasteiger partial charge in [0.1, 0.15) is 11.4 Å². The summed E-state index contributed by atoms with van der Waals surface area (Å²) in [6.07, 6.45) is 2.52. The molecule has 3 rings (SSSR count). The first-order chi connectivity index (χ1) is 11.8. The number of methoxy groups -OCH3 is 1. The Morgan fingerprint density at radius 3 is 2.60 bits per heavy atom. The number of aromatic nitrogens is 2. The van der Waals surface area contributed by atoms with Gasteiger partial charge in [-0.2, -0.15) is 5.10 Å². The maximum absolute atomic E-state index is 12.2. The van der Waals surface area contributed by atoms with E-state index in [1.807, 2.05) is 55.9 Å². The lowest BCUT2D eigenvalue weighted by atomic mass is 10.1.